The molecule has 2 fully saturated rings. The molecular weight excluding hydrogens is 210 g/mol. The Morgan fingerprint density at radius 1 is 1.50 bits per heavy atom. The summed E-state index contributed by atoms with van der Waals surface area (Å²) in [6.45, 7) is -0.0952. The number of nitrogens with one attached hydrogen (secondary N) is 2. The molecule has 2 aliphatic rings. The molecule has 2 heterocycles. The first-order valence-corrected chi connectivity index (χ1v) is 5.59. The highest BCUT2D eigenvalue weighted by Crippen LogP contribution is 2.33. The lowest BCUT2D eigenvalue weighted by Gasteiger charge is -2.19. The molecule has 0 radical (unpaired) electrons. The maximum Gasteiger partial charge on any atom is 0.248 e. The largest absolute Gasteiger partial charge is 0.381 e. The van der Waals surface area contributed by atoms with E-state index < -0.39 is 12.0 Å². The second kappa shape index (κ2) is 4.39. The van der Waals surface area contributed by atoms with Gasteiger partial charge in [0, 0.05) is 12.1 Å². The molecule has 2 saturated heterocycles. The van der Waals surface area contributed by atoms with E-state index in [1.54, 1.807) is 0 Å². The number of fused-ring (bicyclic) bond motifs is 2. The highest BCUT2D eigenvalue weighted by atomic mass is 16.3. The van der Waals surface area contributed by atoms with Crippen molar-refractivity contribution >= 4 is 11.8 Å². The molecule has 2 bridgehead atoms. The predicted octanol–water partition coefficient (Wildman–Crippen LogP) is -1.91. The van der Waals surface area contributed by atoms with Crippen molar-refractivity contribution in [3.8, 4) is 0 Å². The monoisotopic (exact) mass is 227 g/mol. The Kier molecular flexibility index (Phi) is 3.11. The number of aliphatic hydroxyl groups is 1. The molecule has 2 rings (SSSR count). The smallest absolute Gasteiger partial charge is 0.248 e. The van der Waals surface area contributed by atoms with Gasteiger partial charge in [-0.2, -0.15) is 0 Å². The minimum absolute atomic E-state index is 0.0289. The zero-order chi connectivity index (χ0) is 11.7. The Hall–Kier alpha value is -1.14. The summed E-state index contributed by atoms with van der Waals surface area (Å²) >= 11 is 0. The third-order valence-corrected chi connectivity index (χ3v) is 3.43. The Bertz CT molecular complexity index is 308. The molecule has 2 amide bonds. The summed E-state index contributed by atoms with van der Waals surface area (Å²) in [5.41, 5.74) is 4.88. The van der Waals surface area contributed by atoms with E-state index in [-0.39, 0.29) is 24.4 Å². The molecule has 4 atom stereocenters. The van der Waals surface area contributed by atoms with Gasteiger partial charge in [-0.05, 0) is 19.3 Å². The minimum Gasteiger partial charge on any atom is -0.381 e. The fourth-order valence-electron chi connectivity index (χ4n) is 2.54. The highest BCUT2D eigenvalue weighted by molar-refractivity contribution is 5.82. The first-order valence-electron chi connectivity index (χ1n) is 5.59. The predicted molar refractivity (Wildman–Crippen MR) is 56.3 cm³/mol. The lowest BCUT2D eigenvalue weighted by molar-refractivity contribution is -0.128. The topological polar surface area (TPSA) is 104 Å². The van der Waals surface area contributed by atoms with Gasteiger partial charge in [-0.15, -0.1) is 0 Å². The van der Waals surface area contributed by atoms with E-state index in [1.165, 1.54) is 0 Å². The van der Waals surface area contributed by atoms with Gasteiger partial charge in [0.25, 0.3) is 0 Å². The Labute approximate surface area is 93.6 Å². The molecule has 0 aliphatic carbocycles. The third-order valence-electron chi connectivity index (χ3n) is 3.43. The number of hydrogen-bond acceptors (Lipinski definition) is 4. The molecule has 16 heavy (non-hydrogen) atoms. The molecule has 90 valence electrons. The third kappa shape index (κ3) is 2.17. The van der Waals surface area contributed by atoms with Crippen molar-refractivity contribution in [3.05, 3.63) is 0 Å². The van der Waals surface area contributed by atoms with E-state index in [4.69, 9.17) is 10.8 Å². The van der Waals surface area contributed by atoms with Crippen molar-refractivity contribution in [2.75, 3.05) is 6.54 Å². The van der Waals surface area contributed by atoms with Crippen molar-refractivity contribution in [3.63, 3.8) is 0 Å². The zero-order valence-corrected chi connectivity index (χ0v) is 8.98. The van der Waals surface area contributed by atoms with Gasteiger partial charge in [-0.1, -0.05) is 0 Å². The van der Waals surface area contributed by atoms with Gasteiger partial charge in [0.15, 0.2) is 0 Å². The van der Waals surface area contributed by atoms with Crippen molar-refractivity contribution in [2.45, 2.75) is 37.5 Å². The summed E-state index contributed by atoms with van der Waals surface area (Å²) in [4.78, 5) is 22.3. The maximum atomic E-state index is 11.7. The molecule has 4 unspecified atom stereocenters. The van der Waals surface area contributed by atoms with Gasteiger partial charge in [0.2, 0.25) is 11.8 Å². The number of carbonyl (C=O) groups excluding carboxylic acids is 2. The number of nitrogens with two attached hydrogens (primary N) is 1. The average Bonchev–Trinajstić information content (AvgIpc) is 2.86. The molecule has 5 N–H and O–H groups in total. The summed E-state index contributed by atoms with van der Waals surface area (Å²) in [7, 11) is 0. The molecule has 6 nitrogen and oxygen atoms in total. The quantitative estimate of drug-likeness (QED) is 0.450. The average molecular weight is 227 g/mol. The SMILES string of the molecule is NC(=O)C(O)CNC(=O)C1CC2CCC1N2. The number of primary amides is 1. The van der Waals surface area contributed by atoms with Crippen LogP contribution in [0.4, 0.5) is 0 Å². The van der Waals surface area contributed by atoms with Crippen molar-refractivity contribution in [1.82, 2.24) is 10.6 Å². The zero-order valence-electron chi connectivity index (χ0n) is 8.98. The van der Waals surface area contributed by atoms with Gasteiger partial charge in [-0.3, -0.25) is 9.59 Å². The van der Waals surface area contributed by atoms with Crippen molar-refractivity contribution in [1.29, 1.82) is 0 Å². The van der Waals surface area contributed by atoms with Crippen LogP contribution in [0.3, 0.4) is 0 Å². The molecule has 0 aromatic rings. The molecule has 0 aromatic carbocycles. The summed E-state index contributed by atoms with van der Waals surface area (Å²) in [6, 6.07) is 0.720. The second-order valence-corrected chi connectivity index (χ2v) is 4.55. The molecule has 6 heteroatoms. The van der Waals surface area contributed by atoms with Crippen LogP contribution in [0.15, 0.2) is 0 Å². The summed E-state index contributed by atoms with van der Waals surface area (Å²) < 4.78 is 0. The fraction of sp³-hybridized carbons (Fsp3) is 0.800. The molecule has 0 saturated carbocycles. The van der Waals surface area contributed by atoms with Gasteiger partial charge in [0.05, 0.1) is 12.5 Å². The summed E-state index contributed by atoms with van der Waals surface area (Å²) in [6.07, 6.45) is 1.72. The minimum atomic E-state index is -1.30. The van der Waals surface area contributed by atoms with Crippen LogP contribution < -0.4 is 16.4 Å². The van der Waals surface area contributed by atoms with Crippen LogP contribution in [-0.4, -0.2) is 41.7 Å². The number of carbonyl (C=O) groups is 2. The van der Waals surface area contributed by atoms with Gasteiger partial charge < -0.3 is 21.5 Å². The van der Waals surface area contributed by atoms with Crippen LogP contribution in [0.5, 0.6) is 0 Å². The molecule has 2 aliphatic heterocycles. The van der Waals surface area contributed by atoms with E-state index in [0.717, 1.165) is 19.3 Å². The first kappa shape index (κ1) is 11.3. The standard InChI is InChI=1S/C10H17N3O3/c11-9(15)8(14)4-12-10(16)6-3-5-1-2-7(6)13-5/h5-8,13-14H,1-4H2,(H2,11,15)(H,12,16). The summed E-state index contributed by atoms with van der Waals surface area (Å²) in [5, 5.41) is 15.1. The number of hydrogen-bond donors (Lipinski definition) is 4. The second-order valence-electron chi connectivity index (χ2n) is 4.55. The van der Waals surface area contributed by atoms with Crippen LogP contribution >= 0.6 is 0 Å². The van der Waals surface area contributed by atoms with Crippen LogP contribution in [0.25, 0.3) is 0 Å². The van der Waals surface area contributed by atoms with Crippen molar-refractivity contribution in [2.24, 2.45) is 11.7 Å². The van der Waals surface area contributed by atoms with E-state index >= 15 is 0 Å². The van der Waals surface area contributed by atoms with E-state index in [0.29, 0.717) is 6.04 Å². The van der Waals surface area contributed by atoms with Gasteiger partial charge in [0.1, 0.15) is 6.10 Å². The van der Waals surface area contributed by atoms with Crippen LogP contribution in [-0.2, 0) is 9.59 Å². The Morgan fingerprint density at radius 3 is 2.75 bits per heavy atom. The Balaban J connectivity index is 1.78. The van der Waals surface area contributed by atoms with E-state index in [1.807, 2.05) is 0 Å². The van der Waals surface area contributed by atoms with Gasteiger partial charge in [-0.25, -0.2) is 0 Å². The molecule has 0 aromatic heterocycles. The maximum absolute atomic E-state index is 11.7. The van der Waals surface area contributed by atoms with Gasteiger partial charge >= 0.3 is 0 Å². The van der Waals surface area contributed by atoms with E-state index in [2.05, 4.69) is 10.6 Å². The fourth-order valence-corrected chi connectivity index (χ4v) is 2.54. The number of amides is 2. The highest BCUT2D eigenvalue weighted by Gasteiger charge is 2.42. The van der Waals surface area contributed by atoms with Crippen molar-refractivity contribution < 1.29 is 14.7 Å². The Morgan fingerprint density at radius 2 is 2.25 bits per heavy atom. The van der Waals surface area contributed by atoms with E-state index in [9.17, 15) is 9.59 Å². The lowest BCUT2D eigenvalue weighted by atomic mass is 9.88. The molecule has 0 spiro atoms. The summed E-state index contributed by atoms with van der Waals surface area (Å²) in [5.74, 6) is -0.940. The first-order chi connectivity index (χ1) is 7.58. The molecular formula is C10H17N3O3. The number of rotatable bonds is 4. The number of aliphatic hydroxyl groups excluding tert-OH is 1. The van der Waals surface area contributed by atoms with Crippen LogP contribution in [0, 0.1) is 5.92 Å². The lowest BCUT2D eigenvalue weighted by Crippen LogP contribution is -2.44. The normalized spacial score (nSPS) is 33.7. The van der Waals surface area contributed by atoms with Crippen LogP contribution in [0.1, 0.15) is 19.3 Å². The van der Waals surface area contributed by atoms with Crippen LogP contribution in [0.2, 0.25) is 0 Å².